The van der Waals surface area contributed by atoms with E-state index in [1.165, 1.54) is 6.92 Å². The Labute approximate surface area is 171 Å². The summed E-state index contributed by atoms with van der Waals surface area (Å²) in [5.74, 6) is -0.844. The molecule has 0 aromatic heterocycles. The number of rotatable bonds is 6. The second-order valence-electron chi connectivity index (χ2n) is 6.34. The summed E-state index contributed by atoms with van der Waals surface area (Å²) in [6.07, 6.45) is -1.38. The fraction of sp³-hybridized carbons (Fsp3) is 0.318. The second-order valence-corrected chi connectivity index (χ2v) is 6.34. The summed E-state index contributed by atoms with van der Waals surface area (Å²) in [5.41, 5.74) is 12.8. The molecule has 0 radical (unpaired) electrons. The van der Waals surface area contributed by atoms with E-state index in [1.54, 1.807) is 0 Å². The summed E-state index contributed by atoms with van der Waals surface area (Å²) in [5, 5.41) is 12.0. The van der Waals surface area contributed by atoms with Crippen LogP contribution in [0.1, 0.15) is 38.8 Å². The van der Waals surface area contributed by atoms with Gasteiger partial charge in [-0.25, -0.2) is 4.79 Å². The number of nitrogens with zero attached hydrogens (tertiary/aromatic N) is 2. The highest BCUT2D eigenvalue weighted by Gasteiger charge is 2.31. The number of alkyl carbamates (subject to hydrolysis) is 1. The Hall–Kier alpha value is -3.28. The van der Waals surface area contributed by atoms with Crippen LogP contribution < -0.4 is 5.32 Å². The molecule has 154 valence electrons. The van der Waals surface area contributed by atoms with Crippen LogP contribution in [0.4, 0.5) is 4.79 Å². The average molecular weight is 397 g/mol. The quantitative estimate of drug-likeness (QED) is 0.442. The molecule has 0 aliphatic heterocycles. The smallest absolute Gasteiger partial charge is 0.407 e. The SMILES string of the molecule is C.C.C[C@@H](O)[C@@H](NC(=O)OCC1c2ccccc2-c2ccccc21)C(=O)C=[N+]=[N-]. The third-order valence-corrected chi connectivity index (χ3v) is 4.59. The molecule has 3 rings (SSSR count). The number of carbonyl (C=O) groups excluding carboxylic acids is 2. The molecule has 7 heteroatoms. The topological polar surface area (TPSA) is 112 Å². The minimum absolute atomic E-state index is 0. The third kappa shape index (κ3) is 4.96. The van der Waals surface area contributed by atoms with Gasteiger partial charge in [-0.1, -0.05) is 63.4 Å². The zero-order chi connectivity index (χ0) is 19.4. The molecule has 1 aliphatic carbocycles. The summed E-state index contributed by atoms with van der Waals surface area (Å²) in [7, 11) is 0. The number of carbonyl (C=O) groups is 2. The van der Waals surface area contributed by atoms with E-state index in [4.69, 9.17) is 10.3 Å². The standard InChI is InChI=1S/C20H19N3O4.2CH4/c1-12(24)19(18(25)10-22-21)23-20(26)27-11-17-15-8-4-2-6-13(15)14-7-3-5-9-16(14)17;;/h2-10,12,17,19,24H,11H2,1H3,(H,23,26);2*1H4/t12-,19-;;/m1../s1. The second kappa shape index (κ2) is 10.3. The van der Waals surface area contributed by atoms with Gasteiger partial charge < -0.3 is 20.7 Å². The molecule has 2 N–H and O–H groups in total. The van der Waals surface area contributed by atoms with Crippen LogP contribution in [-0.4, -0.2) is 46.7 Å². The van der Waals surface area contributed by atoms with Crippen LogP contribution in [0, 0.1) is 0 Å². The maximum Gasteiger partial charge on any atom is 0.407 e. The van der Waals surface area contributed by atoms with E-state index >= 15 is 0 Å². The normalized spacial score (nSPS) is 13.3. The van der Waals surface area contributed by atoms with E-state index in [2.05, 4.69) is 10.1 Å². The molecular formula is C22H27N3O4. The number of hydrogen-bond acceptors (Lipinski definition) is 4. The molecule has 0 saturated heterocycles. The van der Waals surface area contributed by atoms with Crippen molar-refractivity contribution in [2.24, 2.45) is 0 Å². The number of amides is 1. The molecule has 0 unspecified atom stereocenters. The molecule has 1 aliphatic rings. The summed E-state index contributed by atoms with van der Waals surface area (Å²) in [4.78, 5) is 26.5. The number of hydrogen-bond donors (Lipinski definition) is 2. The first kappa shape index (κ1) is 23.8. The van der Waals surface area contributed by atoms with Crippen LogP contribution in [-0.2, 0) is 9.53 Å². The zero-order valence-electron chi connectivity index (χ0n) is 14.7. The highest BCUT2D eigenvalue weighted by atomic mass is 16.5. The van der Waals surface area contributed by atoms with Crippen LogP contribution in [0.2, 0.25) is 0 Å². The fourth-order valence-corrected chi connectivity index (χ4v) is 3.33. The number of aliphatic hydroxyl groups excluding tert-OH is 1. The van der Waals surface area contributed by atoms with Gasteiger partial charge in [-0.15, -0.1) is 0 Å². The lowest BCUT2D eigenvalue weighted by Gasteiger charge is -2.19. The van der Waals surface area contributed by atoms with Crippen LogP contribution in [0.5, 0.6) is 0 Å². The molecule has 29 heavy (non-hydrogen) atoms. The summed E-state index contributed by atoms with van der Waals surface area (Å²) in [6, 6.07) is 14.6. The van der Waals surface area contributed by atoms with Crippen molar-refractivity contribution in [3.8, 4) is 11.1 Å². The van der Waals surface area contributed by atoms with Crippen molar-refractivity contribution in [1.29, 1.82) is 0 Å². The van der Waals surface area contributed by atoms with E-state index in [0.717, 1.165) is 22.3 Å². The maximum absolute atomic E-state index is 12.1. The Morgan fingerprint density at radius 1 is 1.14 bits per heavy atom. The van der Waals surface area contributed by atoms with E-state index in [-0.39, 0.29) is 27.4 Å². The molecule has 1 amide bonds. The fourth-order valence-electron chi connectivity index (χ4n) is 3.33. The Bertz CT molecular complexity index is 874. The number of fused-ring (bicyclic) bond motifs is 3. The monoisotopic (exact) mass is 397 g/mol. The van der Waals surface area contributed by atoms with Gasteiger partial charge >= 0.3 is 12.3 Å². The number of aliphatic hydroxyl groups is 1. The lowest BCUT2D eigenvalue weighted by Crippen LogP contribution is -2.48. The number of ketones is 1. The van der Waals surface area contributed by atoms with Crippen molar-refractivity contribution in [2.75, 3.05) is 6.61 Å². The summed E-state index contributed by atoms with van der Waals surface area (Å²) >= 11 is 0. The van der Waals surface area contributed by atoms with Crippen molar-refractivity contribution in [3.05, 3.63) is 65.2 Å². The van der Waals surface area contributed by atoms with Gasteiger partial charge in [0.2, 0.25) is 0 Å². The summed E-state index contributed by atoms with van der Waals surface area (Å²) in [6.45, 7) is 1.44. The van der Waals surface area contributed by atoms with Gasteiger partial charge in [-0.05, 0) is 29.2 Å². The molecular weight excluding hydrogens is 370 g/mol. The van der Waals surface area contributed by atoms with Crippen molar-refractivity contribution in [1.82, 2.24) is 5.32 Å². The lowest BCUT2D eigenvalue weighted by molar-refractivity contribution is -0.120. The number of ether oxygens (including phenoxy) is 1. The molecule has 0 fully saturated rings. The number of nitrogens with one attached hydrogen (secondary N) is 1. The third-order valence-electron chi connectivity index (χ3n) is 4.59. The van der Waals surface area contributed by atoms with E-state index in [0.29, 0.717) is 6.21 Å². The van der Waals surface area contributed by atoms with Crippen LogP contribution in [0.25, 0.3) is 16.7 Å². The first-order valence-corrected chi connectivity index (χ1v) is 8.53. The Morgan fingerprint density at radius 2 is 1.66 bits per heavy atom. The molecule has 0 saturated carbocycles. The lowest BCUT2D eigenvalue weighted by atomic mass is 9.98. The predicted octanol–water partition coefficient (Wildman–Crippen LogP) is 3.42. The van der Waals surface area contributed by atoms with Crippen LogP contribution in [0.3, 0.4) is 0 Å². The molecule has 2 aromatic carbocycles. The highest BCUT2D eigenvalue weighted by Crippen LogP contribution is 2.44. The van der Waals surface area contributed by atoms with Gasteiger partial charge in [-0.2, -0.15) is 4.79 Å². The van der Waals surface area contributed by atoms with Crippen molar-refractivity contribution < 1.29 is 24.2 Å². The number of benzene rings is 2. The van der Waals surface area contributed by atoms with Gasteiger partial charge in [0, 0.05) is 5.92 Å². The predicted molar refractivity (Wildman–Crippen MR) is 112 cm³/mol. The molecule has 7 nitrogen and oxygen atoms in total. The molecule has 2 aromatic rings. The van der Waals surface area contributed by atoms with Gasteiger partial charge in [0.05, 0.1) is 6.10 Å². The van der Waals surface area contributed by atoms with Crippen molar-refractivity contribution in [2.45, 2.75) is 39.8 Å². The largest absolute Gasteiger partial charge is 0.449 e. The molecule has 0 spiro atoms. The van der Waals surface area contributed by atoms with E-state index < -0.39 is 24.0 Å². The maximum atomic E-state index is 12.1. The van der Waals surface area contributed by atoms with Crippen LogP contribution >= 0.6 is 0 Å². The van der Waals surface area contributed by atoms with Gasteiger partial charge in [0.15, 0.2) is 0 Å². The van der Waals surface area contributed by atoms with Gasteiger partial charge in [-0.3, -0.25) is 4.79 Å². The first-order chi connectivity index (χ1) is 13.0. The number of Topliss-reactive ketones (excluding diaryl/α,β-unsaturated/α-hetero) is 1. The van der Waals surface area contributed by atoms with Gasteiger partial charge in [0.1, 0.15) is 12.6 Å². The Kier molecular flexibility index (Phi) is 8.45. The molecule has 0 heterocycles. The summed E-state index contributed by atoms with van der Waals surface area (Å²) < 4.78 is 5.33. The highest BCUT2D eigenvalue weighted by molar-refractivity contribution is 6.28. The van der Waals surface area contributed by atoms with Gasteiger partial charge in [0.25, 0.3) is 5.78 Å². The van der Waals surface area contributed by atoms with E-state index in [1.807, 2.05) is 48.5 Å². The van der Waals surface area contributed by atoms with Crippen LogP contribution in [0.15, 0.2) is 48.5 Å². The average Bonchev–Trinajstić information content (AvgIpc) is 2.98. The van der Waals surface area contributed by atoms with E-state index in [9.17, 15) is 14.7 Å². The zero-order valence-corrected chi connectivity index (χ0v) is 14.7. The Balaban J connectivity index is 0.00000210. The molecule has 2 atom stereocenters. The minimum Gasteiger partial charge on any atom is -0.449 e. The first-order valence-electron chi connectivity index (χ1n) is 8.53. The van der Waals surface area contributed by atoms with Crippen molar-refractivity contribution >= 4 is 18.1 Å². The van der Waals surface area contributed by atoms with Crippen molar-refractivity contribution in [3.63, 3.8) is 0 Å². The minimum atomic E-state index is -1.25. The molecule has 0 bridgehead atoms. The Morgan fingerprint density at radius 3 is 2.14 bits per heavy atom.